The van der Waals surface area contributed by atoms with Crippen molar-refractivity contribution in [1.29, 1.82) is 0 Å². The van der Waals surface area contributed by atoms with Gasteiger partial charge in [-0.3, -0.25) is 4.99 Å². The summed E-state index contributed by atoms with van der Waals surface area (Å²) in [7, 11) is 0. The zero-order valence-corrected chi connectivity index (χ0v) is 14.5. The van der Waals surface area contributed by atoms with Crippen molar-refractivity contribution in [1.82, 2.24) is 9.88 Å². The van der Waals surface area contributed by atoms with E-state index in [1.165, 1.54) is 0 Å². The Labute approximate surface area is 157 Å². The lowest BCUT2D eigenvalue weighted by Crippen LogP contribution is -2.37. The smallest absolute Gasteiger partial charge is 0.358 e. The minimum absolute atomic E-state index is 0.0602. The van der Waals surface area contributed by atoms with Gasteiger partial charge in [-0.25, -0.2) is 13.8 Å². The average Bonchev–Trinajstić information content (AvgIpc) is 3.06. The number of nitrogens with zero attached hydrogens (tertiary/aromatic N) is 5. The zero-order chi connectivity index (χ0) is 19.4. The molecule has 0 bridgehead atoms. The molecule has 3 rings (SSSR count). The number of hydrogen-bond acceptors (Lipinski definition) is 7. The molecule has 0 unspecified atom stereocenters. The van der Waals surface area contributed by atoms with Crippen LogP contribution in [-0.2, 0) is 6.54 Å². The van der Waals surface area contributed by atoms with Crippen LogP contribution in [-0.4, -0.2) is 39.6 Å². The Bertz CT molecular complexity index is 920. The lowest BCUT2D eigenvalue weighted by Gasteiger charge is -2.18. The number of hydrogen-bond donors (Lipinski definition) is 1. The van der Waals surface area contributed by atoms with Crippen molar-refractivity contribution in [2.45, 2.75) is 6.54 Å². The summed E-state index contributed by atoms with van der Waals surface area (Å²) in [6.07, 6.45) is 1.56. The van der Waals surface area contributed by atoms with Gasteiger partial charge < -0.3 is 15.0 Å². The summed E-state index contributed by atoms with van der Waals surface area (Å²) >= 11 is 5.75. The molecule has 140 valence electrons. The molecule has 0 spiro atoms. The Balaban J connectivity index is 1.80. The third-order valence-corrected chi connectivity index (χ3v) is 3.90. The molecule has 0 aliphatic carbocycles. The van der Waals surface area contributed by atoms with Crippen LogP contribution in [0.4, 0.5) is 14.5 Å². The van der Waals surface area contributed by atoms with Crippen LogP contribution in [0.1, 0.15) is 5.56 Å². The van der Waals surface area contributed by atoms with Gasteiger partial charge in [-0.2, -0.15) is 5.43 Å². The van der Waals surface area contributed by atoms with Crippen molar-refractivity contribution in [2.24, 2.45) is 10.1 Å². The zero-order valence-electron chi connectivity index (χ0n) is 13.8. The van der Waals surface area contributed by atoms with E-state index in [1.54, 1.807) is 23.2 Å². The van der Waals surface area contributed by atoms with Gasteiger partial charge in [0, 0.05) is 25.4 Å². The van der Waals surface area contributed by atoms with Crippen LogP contribution < -0.4 is 5.43 Å². The minimum atomic E-state index is -0.918. The summed E-state index contributed by atoms with van der Waals surface area (Å²) in [5, 5.41) is 15.4. The number of aliphatic imine (C=N–C) groups is 1. The maximum atomic E-state index is 13.7. The largest absolute Gasteiger partial charge is 0.430 e. The predicted molar refractivity (Wildman–Crippen MR) is 96.4 cm³/mol. The van der Waals surface area contributed by atoms with Crippen LogP contribution in [0.3, 0.4) is 0 Å². The van der Waals surface area contributed by atoms with Crippen molar-refractivity contribution < 1.29 is 13.7 Å². The highest BCUT2D eigenvalue weighted by molar-refractivity contribution is 6.37. The van der Waals surface area contributed by atoms with Crippen molar-refractivity contribution in [2.75, 3.05) is 18.5 Å². The molecule has 27 heavy (non-hydrogen) atoms. The number of nitrogens with one attached hydrogen (secondary N) is 1. The monoisotopic (exact) mass is 394 g/mol. The van der Waals surface area contributed by atoms with E-state index >= 15 is 0 Å². The summed E-state index contributed by atoms with van der Waals surface area (Å²) in [6.45, 7) is 1.13. The maximum absolute atomic E-state index is 13.7. The number of nitro groups is 1. The summed E-state index contributed by atoms with van der Waals surface area (Å²) in [6, 6.07) is 6.13. The van der Waals surface area contributed by atoms with E-state index in [9.17, 15) is 18.9 Å². The van der Waals surface area contributed by atoms with Crippen LogP contribution in [0, 0.1) is 21.7 Å². The number of anilines is 1. The molecular formula is C16H13ClF2N6O2. The van der Waals surface area contributed by atoms with Gasteiger partial charge in [0.1, 0.15) is 16.7 Å². The second-order valence-electron chi connectivity index (χ2n) is 5.54. The molecular weight excluding hydrogens is 382 g/mol. The molecule has 0 amide bonds. The molecule has 11 heteroatoms. The highest BCUT2D eigenvalue weighted by Crippen LogP contribution is 2.16. The van der Waals surface area contributed by atoms with E-state index in [-0.39, 0.29) is 11.5 Å². The first-order valence-corrected chi connectivity index (χ1v) is 8.15. The molecule has 0 saturated heterocycles. The van der Waals surface area contributed by atoms with Crippen LogP contribution in [0.5, 0.6) is 0 Å². The molecule has 1 aliphatic heterocycles. The van der Waals surface area contributed by atoms with E-state index < -0.39 is 22.4 Å². The van der Waals surface area contributed by atoms with Crippen LogP contribution in [0.25, 0.3) is 0 Å². The lowest BCUT2D eigenvalue weighted by atomic mass is 10.2. The third kappa shape index (κ3) is 4.53. The Morgan fingerprint density at radius 3 is 2.85 bits per heavy atom. The highest BCUT2D eigenvalue weighted by Gasteiger charge is 2.31. The van der Waals surface area contributed by atoms with Crippen molar-refractivity contribution >= 4 is 29.0 Å². The van der Waals surface area contributed by atoms with Gasteiger partial charge in [0.05, 0.1) is 11.6 Å². The first-order chi connectivity index (χ1) is 12.9. The highest BCUT2D eigenvalue weighted by atomic mass is 35.5. The quantitative estimate of drug-likeness (QED) is 0.276. The SMILES string of the molecule is O=[N+]([O-])/C(=N\Nc1ccc(F)cc1F)C1=NCCN1Cc1ccc(Cl)nc1. The van der Waals surface area contributed by atoms with Crippen LogP contribution in [0.15, 0.2) is 46.6 Å². The molecule has 8 nitrogen and oxygen atoms in total. The molecule has 0 fully saturated rings. The fourth-order valence-electron chi connectivity index (χ4n) is 2.43. The first-order valence-electron chi connectivity index (χ1n) is 7.77. The van der Waals surface area contributed by atoms with E-state index in [1.807, 2.05) is 0 Å². The van der Waals surface area contributed by atoms with Gasteiger partial charge in [0.25, 0.3) is 0 Å². The number of pyridine rings is 1. The van der Waals surface area contributed by atoms with E-state index in [4.69, 9.17) is 11.6 Å². The first kappa shape index (κ1) is 18.6. The number of amidine groups is 2. The Morgan fingerprint density at radius 1 is 1.37 bits per heavy atom. The molecule has 1 aromatic heterocycles. The number of aromatic nitrogens is 1. The topological polar surface area (TPSA) is 96.0 Å². The van der Waals surface area contributed by atoms with Gasteiger partial charge in [-0.1, -0.05) is 17.7 Å². The van der Waals surface area contributed by atoms with Gasteiger partial charge in [0.15, 0.2) is 5.82 Å². The Kier molecular flexibility index (Phi) is 5.55. The van der Waals surface area contributed by atoms with E-state index in [2.05, 4.69) is 20.5 Å². The van der Waals surface area contributed by atoms with E-state index in [0.29, 0.717) is 30.9 Å². The van der Waals surface area contributed by atoms with Gasteiger partial charge in [0.2, 0.25) is 5.84 Å². The number of hydrazone groups is 1. The normalized spacial score (nSPS) is 14.3. The average molecular weight is 395 g/mol. The minimum Gasteiger partial charge on any atom is -0.358 e. The lowest BCUT2D eigenvalue weighted by molar-refractivity contribution is -0.346. The molecule has 1 N–H and O–H groups in total. The molecule has 2 aromatic rings. The summed E-state index contributed by atoms with van der Waals surface area (Å²) < 4.78 is 26.6. The molecule has 0 atom stereocenters. The van der Waals surface area contributed by atoms with Gasteiger partial charge in [-0.15, -0.1) is 0 Å². The second kappa shape index (κ2) is 8.04. The third-order valence-electron chi connectivity index (χ3n) is 3.68. The summed E-state index contributed by atoms with van der Waals surface area (Å²) in [5.41, 5.74) is 2.85. The van der Waals surface area contributed by atoms with Crippen molar-refractivity contribution in [3.63, 3.8) is 0 Å². The van der Waals surface area contributed by atoms with Gasteiger partial charge >= 0.3 is 5.84 Å². The number of benzene rings is 1. The molecule has 2 heterocycles. The van der Waals surface area contributed by atoms with Crippen LogP contribution in [0.2, 0.25) is 5.15 Å². The predicted octanol–water partition coefficient (Wildman–Crippen LogP) is 2.93. The Hall–Kier alpha value is -3.14. The Morgan fingerprint density at radius 2 is 2.19 bits per heavy atom. The van der Waals surface area contributed by atoms with Crippen molar-refractivity contribution in [3.05, 3.63) is 69.0 Å². The summed E-state index contributed by atoms with van der Waals surface area (Å²) in [4.78, 5) is 20.5. The molecule has 0 saturated carbocycles. The molecule has 0 radical (unpaired) electrons. The standard InChI is InChI=1S/C16H13ClF2N6O2/c17-14-4-1-10(8-21-14)9-24-6-5-20-15(24)16(25(26)27)23-22-13-3-2-11(18)7-12(13)19/h1-4,7-8,22H,5-6,9H2/b23-16-. The summed E-state index contributed by atoms with van der Waals surface area (Å²) in [5.74, 6) is -2.19. The fraction of sp³-hybridized carbons (Fsp3) is 0.188. The van der Waals surface area contributed by atoms with Crippen molar-refractivity contribution in [3.8, 4) is 0 Å². The number of halogens is 3. The van der Waals surface area contributed by atoms with Crippen LogP contribution >= 0.6 is 11.6 Å². The molecule has 1 aliphatic rings. The van der Waals surface area contributed by atoms with Gasteiger partial charge in [-0.05, 0) is 28.7 Å². The van der Waals surface area contributed by atoms with E-state index in [0.717, 1.165) is 17.7 Å². The number of rotatable bonds is 5. The molecule has 1 aromatic carbocycles. The second-order valence-corrected chi connectivity index (χ2v) is 5.93. The fourth-order valence-corrected chi connectivity index (χ4v) is 2.55. The maximum Gasteiger partial charge on any atom is 0.430 e.